The predicted octanol–water partition coefficient (Wildman–Crippen LogP) is 1.16. The second-order valence-corrected chi connectivity index (χ2v) is 3.59. The minimum absolute atomic E-state index is 0.0797. The SMILES string of the molecule is O=C(O)/C(F)=C1/CCN2CCCC12. The number of hydrogen-bond acceptors (Lipinski definition) is 2. The van der Waals surface area contributed by atoms with Crippen LogP contribution >= 0.6 is 0 Å². The molecule has 1 N–H and O–H groups in total. The molecule has 2 saturated heterocycles. The van der Waals surface area contributed by atoms with E-state index in [1.54, 1.807) is 0 Å². The molecule has 0 aromatic carbocycles. The Bertz CT molecular complexity index is 275. The highest BCUT2D eigenvalue weighted by atomic mass is 19.1. The van der Waals surface area contributed by atoms with E-state index in [1.165, 1.54) is 0 Å². The topological polar surface area (TPSA) is 40.5 Å². The zero-order valence-electron chi connectivity index (χ0n) is 7.29. The van der Waals surface area contributed by atoms with Crippen molar-refractivity contribution in [2.75, 3.05) is 13.1 Å². The first kappa shape index (κ1) is 8.69. The molecule has 0 bridgehead atoms. The molecule has 2 fully saturated rings. The first-order valence-corrected chi connectivity index (χ1v) is 4.56. The van der Waals surface area contributed by atoms with Crippen LogP contribution < -0.4 is 0 Å². The first-order chi connectivity index (χ1) is 6.20. The highest BCUT2D eigenvalue weighted by molar-refractivity contribution is 5.85. The summed E-state index contributed by atoms with van der Waals surface area (Å²) in [6, 6.07) is 0.0797. The maximum Gasteiger partial charge on any atom is 0.364 e. The Morgan fingerprint density at radius 1 is 1.54 bits per heavy atom. The molecule has 0 saturated carbocycles. The summed E-state index contributed by atoms with van der Waals surface area (Å²) >= 11 is 0. The highest BCUT2D eigenvalue weighted by Crippen LogP contribution is 2.34. The van der Waals surface area contributed by atoms with E-state index in [2.05, 4.69) is 4.90 Å². The van der Waals surface area contributed by atoms with Gasteiger partial charge in [0.15, 0.2) is 0 Å². The van der Waals surface area contributed by atoms with Crippen LogP contribution in [-0.4, -0.2) is 35.1 Å². The van der Waals surface area contributed by atoms with Crippen molar-refractivity contribution in [1.82, 2.24) is 4.90 Å². The van der Waals surface area contributed by atoms with Gasteiger partial charge in [0.25, 0.3) is 0 Å². The third-order valence-electron chi connectivity index (χ3n) is 2.90. The van der Waals surface area contributed by atoms with Crippen LogP contribution in [-0.2, 0) is 4.79 Å². The van der Waals surface area contributed by atoms with E-state index in [0.717, 1.165) is 25.9 Å². The summed E-state index contributed by atoms with van der Waals surface area (Å²) in [6.07, 6.45) is 2.56. The largest absolute Gasteiger partial charge is 0.476 e. The molecule has 0 spiro atoms. The number of fused-ring (bicyclic) bond motifs is 1. The number of carboxylic acids is 1. The lowest BCUT2D eigenvalue weighted by atomic mass is 10.0. The summed E-state index contributed by atoms with van der Waals surface area (Å²) in [5.74, 6) is -2.34. The standard InChI is InChI=1S/C9H12FNO2/c10-8(9(12)13)6-3-5-11-4-1-2-7(6)11/h7H,1-5H2,(H,12,13)/b8-6+. The fraction of sp³-hybridized carbons (Fsp3) is 0.667. The Balaban J connectivity index is 2.25. The fourth-order valence-electron chi connectivity index (χ4n) is 2.31. The molecule has 0 aromatic rings. The van der Waals surface area contributed by atoms with Crippen LogP contribution in [0.2, 0.25) is 0 Å². The third-order valence-corrected chi connectivity index (χ3v) is 2.90. The smallest absolute Gasteiger partial charge is 0.364 e. The van der Waals surface area contributed by atoms with Crippen LogP contribution in [0.1, 0.15) is 19.3 Å². The summed E-state index contributed by atoms with van der Waals surface area (Å²) in [5.41, 5.74) is 0.505. The van der Waals surface area contributed by atoms with Crippen LogP contribution in [0, 0.1) is 0 Å². The van der Waals surface area contributed by atoms with E-state index in [9.17, 15) is 9.18 Å². The number of halogens is 1. The molecule has 72 valence electrons. The Labute approximate surface area is 75.8 Å². The number of nitrogens with zero attached hydrogens (tertiary/aromatic N) is 1. The Morgan fingerprint density at radius 3 is 3.00 bits per heavy atom. The molecule has 2 aliphatic heterocycles. The monoisotopic (exact) mass is 185 g/mol. The van der Waals surface area contributed by atoms with Gasteiger partial charge in [-0.25, -0.2) is 4.79 Å². The molecule has 2 rings (SSSR count). The van der Waals surface area contributed by atoms with Crippen molar-refractivity contribution in [1.29, 1.82) is 0 Å². The quantitative estimate of drug-likeness (QED) is 0.623. The molecule has 4 heteroatoms. The lowest BCUT2D eigenvalue weighted by molar-refractivity contribution is -0.134. The molecule has 0 aliphatic carbocycles. The van der Waals surface area contributed by atoms with Crippen molar-refractivity contribution in [3.8, 4) is 0 Å². The summed E-state index contributed by atoms with van der Waals surface area (Å²) in [5, 5.41) is 8.51. The maximum absolute atomic E-state index is 13.1. The van der Waals surface area contributed by atoms with E-state index in [0.29, 0.717) is 12.0 Å². The summed E-state index contributed by atoms with van der Waals surface area (Å²) < 4.78 is 13.1. The summed E-state index contributed by atoms with van der Waals surface area (Å²) in [6.45, 7) is 1.81. The van der Waals surface area contributed by atoms with Crippen LogP contribution in [0.15, 0.2) is 11.4 Å². The molecular formula is C9H12FNO2. The predicted molar refractivity (Wildman–Crippen MR) is 45.0 cm³/mol. The van der Waals surface area contributed by atoms with Crippen molar-refractivity contribution >= 4 is 5.97 Å². The Hall–Kier alpha value is -0.900. The van der Waals surface area contributed by atoms with Gasteiger partial charge >= 0.3 is 5.97 Å². The molecule has 3 nitrogen and oxygen atoms in total. The molecule has 2 heterocycles. The van der Waals surface area contributed by atoms with Gasteiger partial charge in [-0.2, -0.15) is 4.39 Å². The molecule has 2 aliphatic rings. The van der Waals surface area contributed by atoms with Gasteiger partial charge in [0.1, 0.15) is 0 Å². The number of carbonyl (C=O) groups is 1. The highest BCUT2D eigenvalue weighted by Gasteiger charge is 2.36. The second kappa shape index (κ2) is 3.10. The molecule has 0 radical (unpaired) electrons. The van der Waals surface area contributed by atoms with Gasteiger partial charge in [-0.1, -0.05) is 0 Å². The van der Waals surface area contributed by atoms with E-state index in [1.807, 2.05) is 0 Å². The second-order valence-electron chi connectivity index (χ2n) is 3.59. The van der Waals surface area contributed by atoms with Crippen LogP contribution in [0.25, 0.3) is 0 Å². The van der Waals surface area contributed by atoms with Gasteiger partial charge in [0, 0.05) is 12.6 Å². The lowest BCUT2D eigenvalue weighted by Crippen LogP contribution is -2.23. The molecule has 13 heavy (non-hydrogen) atoms. The van der Waals surface area contributed by atoms with Gasteiger partial charge in [-0.05, 0) is 31.4 Å². The van der Waals surface area contributed by atoms with Gasteiger partial charge in [0.05, 0.1) is 0 Å². The van der Waals surface area contributed by atoms with Crippen molar-refractivity contribution in [2.24, 2.45) is 0 Å². The van der Waals surface area contributed by atoms with E-state index < -0.39 is 11.8 Å². The number of rotatable bonds is 1. The lowest BCUT2D eigenvalue weighted by Gasteiger charge is -2.13. The van der Waals surface area contributed by atoms with Crippen molar-refractivity contribution in [3.63, 3.8) is 0 Å². The summed E-state index contributed by atoms with van der Waals surface area (Å²) in [7, 11) is 0. The average Bonchev–Trinajstić information content (AvgIpc) is 2.61. The molecule has 0 aromatic heterocycles. The minimum Gasteiger partial charge on any atom is -0.476 e. The van der Waals surface area contributed by atoms with Crippen molar-refractivity contribution in [3.05, 3.63) is 11.4 Å². The van der Waals surface area contributed by atoms with Gasteiger partial charge < -0.3 is 5.11 Å². The molecule has 1 unspecified atom stereocenters. The van der Waals surface area contributed by atoms with Crippen LogP contribution in [0.5, 0.6) is 0 Å². The van der Waals surface area contributed by atoms with E-state index >= 15 is 0 Å². The average molecular weight is 185 g/mol. The normalized spacial score (nSPS) is 31.9. The Kier molecular flexibility index (Phi) is 2.07. The molecule has 1 atom stereocenters. The van der Waals surface area contributed by atoms with Gasteiger partial charge in [0.2, 0.25) is 5.83 Å². The minimum atomic E-state index is -1.41. The van der Waals surface area contributed by atoms with Crippen molar-refractivity contribution in [2.45, 2.75) is 25.3 Å². The zero-order chi connectivity index (χ0) is 9.42. The number of aliphatic carboxylic acids is 1. The van der Waals surface area contributed by atoms with Crippen molar-refractivity contribution < 1.29 is 14.3 Å². The first-order valence-electron chi connectivity index (χ1n) is 4.56. The fourth-order valence-corrected chi connectivity index (χ4v) is 2.31. The summed E-state index contributed by atoms with van der Waals surface area (Å²) in [4.78, 5) is 12.6. The maximum atomic E-state index is 13.1. The van der Waals surface area contributed by atoms with Gasteiger partial charge in [-0.3, -0.25) is 4.90 Å². The number of carboxylic acid groups (broad SMARTS) is 1. The third kappa shape index (κ3) is 1.35. The molecule has 0 amide bonds. The number of hydrogen-bond donors (Lipinski definition) is 1. The van der Waals surface area contributed by atoms with Crippen LogP contribution in [0.3, 0.4) is 0 Å². The molecular weight excluding hydrogens is 173 g/mol. The van der Waals surface area contributed by atoms with E-state index in [-0.39, 0.29) is 6.04 Å². The zero-order valence-corrected chi connectivity index (χ0v) is 7.29. The Morgan fingerprint density at radius 2 is 2.31 bits per heavy atom. The van der Waals surface area contributed by atoms with Crippen LogP contribution in [0.4, 0.5) is 4.39 Å². The van der Waals surface area contributed by atoms with Gasteiger partial charge in [-0.15, -0.1) is 0 Å². The van der Waals surface area contributed by atoms with E-state index in [4.69, 9.17) is 5.11 Å².